The van der Waals surface area contributed by atoms with Gasteiger partial charge in [0.25, 0.3) is 0 Å². The molecule has 3 heteroatoms. The average molecular weight is 243 g/mol. The second-order valence-corrected chi connectivity index (χ2v) is 5.91. The summed E-state index contributed by atoms with van der Waals surface area (Å²) in [7, 11) is 0. The first-order chi connectivity index (χ1) is 7.71. The molecule has 0 bridgehead atoms. The molecule has 0 saturated heterocycles. The quantitative estimate of drug-likeness (QED) is 0.793. The van der Waals surface area contributed by atoms with Gasteiger partial charge in [0.15, 0.2) is 0 Å². The predicted molar refractivity (Wildman–Crippen MR) is 72.1 cm³/mol. The van der Waals surface area contributed by atoms with E-state index in [1.165, 1.54) is 0 Å². The van der Waals surface area contributed by atoms with E-state index in [4.69, 9.17) is 4.74 Å². The Morgan fingerprint density at radius 2 is 1.71 bits per heavy atom. The van der Waals surface area contributed by atoms with Crippen LogP contribution >= 0.6 is 0 Å². The number of hydrogen-bond acceptors (Lipinski definition) is 2. The molecule has 0 aromatic rings. The van der Waals surface area contributed by atoms with Crippen LogP contribution < -0.4 is 5.32 Å². The molecule has 0 aromatic carbocycles. The Morgan fingerprint density at radius 3 is 2.06 bits per heavy atom. The van der Waals surface area contributed by atoms with Crippen molar-refractivity contribution < 1.29 is 9.53 Å². The maximum absolute atomic E-state index is 11.7. The summed E-state index contributed by atoms with van der Waals surface area (Å²) in [5, 5.41) is 2.98. The number of hydrogen-bond donors (Lipinski definition) is 1. The van der Waals surface area contributed by atoms with E-state index in [9.17, 15) is 4.79 Å². The highest BCUT2D eigenvalue weighted by Crippen LogP contribution is 2.20. The first-order valence-corrected chi connectivity index (χ1v) is 6.70. The number of amides is 1. The van der Waals surface area contributed by atoms with E-state index < -0.39 is 5.60 Å². The monoisotopic (exact) mass is 243 g/mol. The average Bonchev–Trinajstić information content (AvgIpc) is 2.21. The van der Waals surface area contributed by atoms with Gasteiger partial charge in [0, 0.05) is 6.04 Å². The molecule has 0 radical (unpaired) electrons. The largest absolute Gasteiger partial charge is 0.444 e. The molecule has 0 saturated carbocycles. The lowest BCUT2D eigenvalue weighted by molar-refractivity contribution is 0.0475. The van der Waals surface area contributed by atoms with Crippen molar-refractivity contribution in [1.29, 1.82) is 0 Å². The Bertz CT molecular complexity index is 233. The summed E-state index contributed by atoms with van der Waals surface area (Å²) in [5.41, 5.74) is -0.429. The molecule has 3 unspecified atom stereocenters. The van der Waals surface area contributed by atoms with Crippen molar-refractivity contribution >= 4 is 6.09 Å². The Hall–Kier alpha value is -0.730. The fourth-order valence-electron chi connectivity index (χ4n) is 1.83. The minimum atomic E-state index is -0.429. The van der Waals surface area contributed by atoms with Crippen LogP contribution in [0.15, 0.2) is 0 Å². The smallest absolute Gasteiger partial charge is 0.407 e. The van der Waals surface area contributed by atoms with Gasteiger partial charge in [-0.3, -0.25) is 0 Å². The van der Waals surface area contributed by atoms with Crippen LogP contribution in [-0.2, 0) is 4.74 Å². The summed E-state index contributed by atoms with van der Waals surface area (Å²) in [5.74, 6) is 1.08. The molecule has 0 rings (SSSR count). The summed E-state index contributed by atoms with van der Waals surface area (Å²) in [6.07, 6.45) is 1.76. The van der Waals surface area contributed by atoms with Gasteiger partial charge < -0.3 is 10.1 Å². The zero-order valence-corrected chi connectivity index (χ0v) is 12.5. The lowest BCUT2D eigenvalue weighted by Crippen LogP contribution is -2.43. The zero-order valence-electron chi connectivity index (χ0n) is 12.5. The van der Waals surface area contributed by atoms with Gasteiger partial charge in [-0.2, -0.15) is 0 Å². The second kappa shape index (κ2) is 6.87. The summed E-state index contributed by atoms with van der Waals surface area (Å²) in [6, 6.07) is 0.194. The molecule has 3 atom stereocenters. The van der Waals surface area contributed by atoms with Crippen molar-refractivity contribution in [3.05, 3.63) is 0 Å². The highest BCUT2D eigenvalue weighted by Gasteiger charge is 2.24. The maximum Gasteiger partial charge on any atom is 0.407 e. The third-order valence-electron chi connectivity index (χ3n) is 3.32. The third kappa shape index (κ3) is 6.54. The van der Waals surface area contributed by atoms with Crippen LogP contribution in [-0.4, -0.2) is 17.7 Å². The molecule has 1 amide bonds. The Labute approximate surface area is 106 Å². The van der Waals surface area contributed by atoms with Crippen molar-refractivity contribution in [3.8, 4) is 0 Å². The summed E-state index contributed by atoms with van der Waals surface area (Å²) in [4.78, 5) is 11.7. The van der Waals surface area contributed by atoms with Gasteiger partial charge in [-0.05, 0) is 39.0 Å². The number of alkyl carbamates (subject to hydrolysis) is 1. The molecular formula is C14H29NO2. The molecule has 0 aliphatic carbocycles. The van der Waals surface area contributed by atoms with Crippen molar-refractivity contribution in [3.63, 3.8) is 0 Å². The number of ether oxygens (including phenoxy) is 1. The van der Waals surface area contributed by atoms with E-state index in [1.54, 1.807) is 0 Å². The molecule has 17 heavy (non-hydrogen) atoms. The molecule has 102 valence electrons. The van der Waals surface area contributed by atoms with E-state index >= 15 is 0 Å². The molecule has 0 aliphatic heterocycles. The summed E-state index contributed by atoms with van der Waals surface area (Å²) in [6.45, 7) is 14.3. The first kappa shape index (κ1) is 16.3. The maximum atomic E-state index is 11.7. The van der Waals surface area contributed by atoms with Gasteiger partial charge in [-0.15, -0.1) is 0 Å². The highest BCUT2D eigenvalue weighted by molar-refractivity contribution is 5.68. The molecule has 1 N–H and O–H groups in total. The topological polar surface area (TPSA) is 38.3 Å². The van der Waals surface area contributed by atoms with Gasteiger partial charge in [0.05, 0.1) is 0 Å². The van der Waals surface area contributed by atoms with Crippen LogP contribution in [0.5, 0.6) is 0 Å². The minimum absolute atomic E-state index is 0.194. The van der Waals surface area contributed by atoms with E-state index in [1.807, 2.05) is 20.8 Å². The third-order valence-corrected chi connectivity index (χ3v) is 3.32. The number of carbonyl (C=O) groups excluding carboxylic acids is 1. The molecular weight excluding hydrogens is 214 g/mol. The Kier molecular flexibility index (Phi) is 6.58. The SMILES string of the molecule is CCC(C)C(C)C(CC)NC(=O)OC(C)(C)C. The van der Waals surface area contributed by atoms with Gasteiger partial charge >= 0.3 is 6.09 Å². The lowest BCUT2D eigenvalue weighted by atomic mass is 9.86. The van der Waals surface area contributed by atoms with E-state index in [2.05, 4.69) is 33.0 Å². The van der Waals surface area contributed by atoms with Crippen molar-refractivity contribution in [1.82, 2.24) is 5.32 Å². The van der Waals surface area contributed by atoms with Crippen LogP contribution in [0.4, 0.5) is 4.79 Å². The number of rotatable bonds is 5. The van der Waals surface area contributed by atoms with Crippen LogP contribution in [0.2, 0.25) is 0 Å². The molecule has 0 heterocycles. The van der Waals surface area contributed by atoms with Crippen molar-refractivity contribution in [2.45, 2.75) is 73.0 Å². The van der Waals surface area contributed by atoms with Gasteiger partial charge in [0.2, 0.25) is 0 Å². The van der Waals surface area contributed by atoms with Crippen LogP contribution in [0.1, 0.15) is 61.3 Å². The van der Waals surface area contributed by atoms with E-state index in [0.717, 1.165) is 12.8 Å². The molecule has 0 fully saturated rings. The van der Waals surface area contributed by atoms with E-state index in [-0.39, 0.29) is 12.1 Å². The van der Waals surface area contributed by atoms with Gasteiger partial charge in [0.1, 0.15) is 5.60 Å². The normalized spacial score (nSPS) is 17.1. The zero-order chi connectivity index (χ0) is 13.6. The van der Waals surface area contributed by atoms with Crippen LogP contribution in [0.3, 0.4) is 0 Å². The van der Waals surface area contributed by atoms with Gasteiger partial charge in [-0.25, -0.2) is 4.79 Å². The predicted octanol–water partition coefficient (Wildman–Crippen LogP) is 3.97. The van der Waals surface area contributed by atoms with Crippen LogP contribution in [0.25, 0.3) is 0 Å². The van der Waals surface area contributed by atoms with E-state index in [0.29, 0.717) is 11.8 Å². The fourth-order valence-corrected chi connectivity index (χ4v) is 1.83. The standard InChI is InChI=1S/C14H29NO2/c1-8-10(3)11(4)12(9-2)15-13(16)17-14(5,6)7/h10-12H,8-9H2,1-7H3,(H,15,16). The summed E-state index contributed by atoms with van der Waals surface area (Å²) >= 11 is 0. The number of carbonyl (C=O) groups is 1. The second-order valence-electron chi connectivity index (χ2n) is 5.91. The summed E-state index contributed by atoms with van der Waals surface area (Å²) < 4.78 is 5.28. The number of nitrogens with one attached hydrogen (secondary N) is 1. The molecule has 0 spiro atoms. The fraction of sp³-hybridized carbons (Fsp3) is 0.929. The lowest BCUT2D eigenvalue weighted by Gasteiger charge is -2.29. The van der Waals surface area contributed by atoms with Crippen molar-refractivity contribution in [2.24, 2.45) is 11.8 Å². The molecule has 0 aliphatic rings. The molecule has 3 nitrogen and oxygen atoms in total. The molecule has 0 aromatic heterocycles. The first-order valence-electron chi connectivity index (χ1n) is 6.70. The van der Waals surface area contributed by atoms with Gasteiger partial charge in [-0.1, -0.05) is 34.1 Å². The minimum Gasteiger partial charge on any atom is -0.444 e. The Balaban J connectivity index is 4.35. The Morgan fingerprint density at radius 1 is 1.18 bits per heavy atom. The van der Waals surface area contributed by atoms with Crippen LogP contribution in [0, 0.1) is 11.8 Å². The van der Waals surface area contributed by atoms with Crippen molar-refractivity contribution in [2.75, 3.05) is 0 Å². The highest BCUT2D eigenvalue weighted by atomic mass is 16.6.